The Hall–Kier alpha value is -3.94. The summed E-state index contributed by atoms with van der Waals surface area (Å²) in [5.41, 5.74) is 6.36. The van der Waals surface area contributed by atoms with Gasteiger partial charge in [0.05, 0.1) is 7.11 Å². The van der Waals surface area contributed by atoms with E-state index in [-0.39, 0.29) is 36.6 Å². The van der Waals surface area contributed by atoms with Crippen LogP contribution >= 0.6 is 0 Å². The van der Waals surface area contributed by atoms with E-state index < -0.39 is 12.0 Å². The topological polar surface area (TPSA) is 70.7 Å². The number of methoxy groups -OCH3 is 1. The van der Waals surface area contributed by atoms with Gasteiger partial charge in [0.25, 0.3) is 5.92 Å². The molecular weight excluding hydrogens is 512 g/mol. The van der Waals surface area contributed by atoms with Gasteiger partial charge in [-0.3, -0.25) is 4.79 Å². The van der Waals surface area contributed by atoms with Crippen LogP contribution < -0.4 is 15.4 Å². The lowest BCUT2D eigenvalue weighted by molar-refractivity contribution is -0.122. The molecule has 3 aliphatic rings. The number of carbonyl (C=O) groups excluding carboxylic acids is 2. The molecule has 0 bridgehead atoms. The number of carbonyl (C=O) groups is 2. The van der Waals surface area contributed by atoms with E-state index in [1.165, 1.54) is 5.56 Å². The number of benzene rings is 3. The molecule has 1 aliphatic heterocycles. The van der Waals surface area contributed by atoms with E-state index in [2.05, 4.69) is 28.8 Å². The summed E-state index contributed by atoms with van der Waals surface area (Å²) in [7, 11) is 1.64. The molecule has 0 saturated heterocycles. The molecule has 2 saturated carbocycles. The molecule has 3 amide bonds. The van der Waals surface area contributed by atoms with Crippen molar-refractivity contribution in [2.45, 2.75) is 56.7 Å². The quantitative estimate of drug-likeness (QED) is 0.403. The molecule has 3 aromatic carbocycles. The van der Waals surface area contributed by atoms with Crippen LogP contribution in [0.4, 0.5) is 13.6 Å². The largest absolute Gasteiger partial charge is 0.497 e. The van der Waals surface area contributed by atoms with Crippen LogP contribution in [-0.4, -0.2) is 42.5 Å². The molecule has 1 heterocycles. The van der Waals surface area contributed by atoms with E-state index in [1.54, 1.807) is 12.0 Å². The fourth-order valence-electron chi connectivity index (χ4n) is 6.04. The summed E-state index contributed by atoms with van der Waals surface area (Å²) >= 11 is 0. The highest BCUT2D eigenvalue weighted by Crippen LogP contribution is 2.47. The molecule has 8 heteroatoms. The molecule has 2 atom stereocenters. The third kappa shape index (κ3) is 5.40. The highest BCUT2D eigenvalue weighted by molar-refractivity contribution is 5.83. The first-order valence-electron chi connectivity index (χ1n) is 13.9. The van der Waals surface area contributed by atoms with Crippen molar-refractivity contribution in [3.63, 3.8) is 0 Å². The average Bonchev–Trinajstić information content (AvgIpc) is 3.76. The predicted octanol–water partition coefficient (Wildman–Crippen LogP) is 5.65. The number of amides is 3. The van der Waals surface area contributed by atoms with Crippen molar-refractivity contribution in [2.75, 3.05) is 13.7 Å². The Morgan fingerprint density at radius 3 is 2.58 bits per heavy atom. The zero-order chi connectivity index (χ0) is 27.9. The minimum Gasteiger partial charge on any atom is -0.497 e. The van der Waals surface area contributed by atoms with Gasteiger partial charge in [0.2, 0.25) is 5.91 Å². The number of fused-ring (bicyclic) bond motifs is 1. The van der Waals surface area contributed by atoms with Crippen LogP contribution in [0.3, 0.4) is 0 Å². The van der Waals surface area contributed by atoms with Crippen molar-refractivity contribution < 1.29 is 23.1 Å². The summed E-state index contributed by atoms with van der Waals surface area (Å²) in [5.74, 6) is -1.67. The number of hydrogen-bond acceptors (Lipinski definition) is 3. The van der Waals surface area contributed by atoms with Crippen molar-refractivity contribution in [3.05, 3.63) is 89.0 Å². The third-order valence-electron chi connectivity index (χ3n) is 8.40. The van der Waals surface area contributed by atoms with E-state index in [9.17, 15) is 18.4 Å². The van der Waals surface area contributed by atoms with Gasteiger partial charge >= 0.3 is 6.03 Å². The molecule has 6 nitrogen and oxygen atoms in total. The maximum Gasteiger partial charge on any atom is 0.317 e. The Kier molecular flexibility index (Phi) is 6.94. The molecule has 208 valence electrons. The SMILES string of the molecule is COc1cccc(-c2ccc(CNC(=O)[C@H]3C[C@H]3c3ccccc3)c3c2CCN(C(=O)NC2CC(F)(F)C2)C3)c1. The van der Waals surface area contributed by atoms with Crippen molar-refractivity contribution in [2.24, 2.45) is 5.92 Å². The molecule has 0 aromatic heterocycles. The van der Waals surface area contributed by atoms with E-state index in [0.717, 1.165) is 40.0 Å². The van der Waals surface area contributed by atoms with Crippen molar-refractivity contribution >= 4 is 11.9 Å². The highest BCUT2D eigenvalue weighted by atomic mass is 19.3. The van der Waals surface area contributed by atoms with Crippen LogP contribution in [0.1, 0.15) is 47.4 Å². The zero-order valence-corrected chi connectivity index (χ0v) is 22.5. The Bertz CT molecular complexity index is 1420. The Morgan fingerprint density at radius 2 is 1.82 bits per heavy atom. The van der Waals surface area contributed by atoms with Gasteiger partial charge in [-0.2, -0.15) is 0 Å². The lowest BCUT2D eigenvalue weighted by Gasteiger charge is -2.38. The molecule has 0 unspecified atom stereocenters. The fraction of sp³-hybridized carbons (Fsp3) is 0.375. The van der Waals surface area contributed by atoms with Gasteiger partial charge in [-0.25, -0.2) is 13.6 Å². The molecule has 6 rings (SSSR count). The fourth-order valence-corrected chi connectivity index (χ4v) is 6.04. The summed E-state index contributed by atoms with van der Waals surface area (Å²) in [6.07, 6.45) is 0.838. The highest BCUT2D eigenvalue weighted by Gasteiger charge is 2.46. The molecule has 0 radical (unpaired) electrons. The Labute approximate surface area is 232 Å². The van der Waals surface area contributed by atoms with Crippen LogP contribution in [0.25, 0.3) is 11.1 Å². The second-order valence-electron chi connectivity index (χ2n) is 11.1. The van der Waals surface area contributed by atoms with Gasteiger partial charge in [0, 0.05) is 44.4 Å². The molecule has 40 heavy (non-hydrogen) atoms. The van der Waals surface area contributed by atoms with E-state index in [1.807, 2.05) is 48.5 Å². The number of rotatable bonds is 7. The van der Waals surface area contributed by atoms with E-state index >= 15 is 0 Å². The van der Waals surface area contributed by atoms with Gasteiger partial charge in [0.15, 0.2) is 0 Å². The molecular formula is C32H33F2N3O3. The second-order valence-corrected chi connectivity index (χ2v) is 11.1. The number of nitrogens with one attached hydrogen (secondary N) is 2. The van der Waals surface area contributed by atoms with Crippen LogP contribution in [-0.2, 0) is 24.3 Å². The number of nitrogens with zero attached hydrogens (tertiary/aromatic N) is 1. The minimum absolute atomic E-state index is 0.0304. The summed E-state index contributed by atoms with van der Waals surface area (Å²) in [6.45, 7) is 1.20. The maximum absolute atomic E-state index is 13.3. The maximum atomic E-state index is 13.3. The third-order valence-corrected chi connectivity index (χ3v) is 8.40. The monoisotopic (exact) mass is 545 g/mol. The molecule has 0 spiro atoms. The van der Waals surface area contributed by atoms with Crippen LogP contribution in [0.15, 0.2) is 66.7 Å². The van der Waals surface area contributed by atoms with Crippen molar-refractivity contribution in [1.29, 1.82) is 0 Å². The zero-order valence-electron chi connectivity index (χ0n) is 22.5. The minimum atomic E-state index is -2.69. The number of halogens is 2. The predicted molar refractivity (Wildman–Crippen MR) is 148 cm³/mol. The molecule has 2 fully saturated rings. The Balaban J connectivity index is 1.21. The molecule has 3 aromatic rings. The summed E-state index contributed by atoms with van der Waals surface area (Å²) in [4.78, 5) is 27.7. The Morgan fingerprint density at radius 1 is 1.02 bits per heavy atom. The summed E-state index contributed by atoms with van der Waals surface area (Å²) < 4.78 is 32.1. The molecule has 2 aliphatic carbocycles. The van der Waals surface area contributed by atoms with Crippen LogP contribution in [0.5, 0.6) is 5.75 Å². The second kappa shape index (κ2) is 10.6. The van der Waals surface area contributed by atoms with Gasteiger partial charge < -0.3 is 20.3 Å². The lowest BCUT2D eigenvalue weighted by Crippen LogP contribution is -2.54. The van der Waals surface area contributed by atoms with Crippen LogP contribution in [0, 0.1) is 5.92 Å². The first-order valence-corrected chi connectivity index (χ1v) is 13.9. The molecule has 2 N–H and O–H groups in total. The first-order chi connectivity index (χ1) is 19.3. The number of urea groups is 1. The normalized spacial score (nSPS) is 21.1. The average molecular weight is 546 g/mol. The summed E-state index contributed by atoms with van der Waals surface area (Å²) in [5, 5.41) is 5.90. The number of alkyl halides is 2. The summed E-state index contributed by atoms with van der Waals surface area (Å²) in [6, 6.07) is 21.2. The van der Waals surface area contributed by atoms with Crippen molar-refractivity contribution in [1.82, 2.24) is 15.5 Å². The number of hydrogen-bond donors (Lipinski definition) is 2. The van der Waals surface area contributed by atoms with Gasteiger partial charge in [0.1, 0.15) is 5.75 Å². The van der Waals surface area contributed by atoms with E-state index in [0.29, 0.717) is 26.1 Å². The smallest absolute Gasteiger partial charge is 0.317 e. The van der Waals surface area contributed by atoms with Crippen LogP contribution in [0.2, 0.25) is 0 Å². The van der Waals surface area contributed by atoms with Gasteiger partial charge in [-0.05, 0) is 64.3 Å². The number of ether oxygens (including phenoxy) is 1. The standard InChI is InChI=1S/C32H33F2N3O3/c1-40-24-9-5-8-21(14-24)25-11-10-22(18-35-30(38)28-15-27(28)20-6-3-2-4-7-20)29-19-37(13-12-26(25)29)31(39)36-23-16-32(33,34)17-23/h2-11,14,23,27-28H,12-13,15-19H2,1H3,(H,35,38)(H,36,39)/t27-,28-/m0/s1. The first kappa shape index (κ1) is 26.3. The van der Waals surface area contributed by atoms with E-state index in [4.69, 9.17) is 4.74 Å². The lowest BCUT2D eigenvalue weighted by atomic mass is 9.87. The van der Waals surface area contributed by atoms with Gasteiger partial charge in [-0.1, -0.05) is 54.6 Å². The van der Waals surface area contributed by atoms with Gasteiger partial charge in [-0.15, -0.1) is 0 Å². The van der Waals surface area contributed by atoms with Crippen molar-refractivity contribution in [3.8, 4) is 16.9 Å².